The maximum Gasteiger partial charge on any atom is 0.0674 e. The van der Waals surface area contributed by atoms with Gasteiger partial charge in [0.25, 0.3) is 0 Å². The van der Waals surface area contributed by atoms with E-state index in [1.165, 1.54) is 0 Å². The molecule has 100 valence electrons. The minimum absolute atomic E-state index is 0.295. The van der Waals surface area contributed by atoms with Crippen LogP contribution in [0.15, 0.2) is 18.3 Å². The first-order valence-electron chi connectivity index (χ1n) is 6.50. The van der Waals surface area contributed by atoms with Crippen molar-refractivity contribution < 1.29 is 4.74 Å². The molecule has 1 aliphatic heterocycles. The molecule has 18 heavy (non-hydrogen) atoms. The molecule has 2 heterocycles. The summed E-state index contributed by atoms with van der Waals surface area (Å²) in [5.74, 6) is 5.42. The average molecular weight is 250 g/mol. The molecule has 1 aromatic rings. The number of anilines is 1. The van der Waals surface area contributed by atoms with Gasteiger partial charge in [-0.2, -0.15) is 0 Å². The van der Waals surface area contributed by atoms with E-state index >= 15 is 0 Å². The summed E-state index contributed by atoms with van der Waals surface area (Å²) in [4.78, 5) is 6.84. The van der Waals surface area contributed by atoms with Crippen molar-refractivity contribution >= 4 is 5.69 Å². The summed E-state index contributed by atoms with van der Waals surface area (Å²) >= 11 is 0. The Balaban J connectivity index is 2.05. The smallest absolute Gasteiger partial charge is 0.0674 e. The first-order chi connectivity index (χ1) is 8.72. The van der Waals surface area contributed by atoms with Crippen LogP contribution in [-0.2, 0) is 11.3 Å². The van der Waals surface area contributed by atoms with Crippen LogP contribution in [0.1, 0.15) is 26.0 Å². The van der Waals surface area contributed by atoms with Gasteiger partial charge in [-0.05, 0) is 25.5 Å². The number of pyridine rings is 1. The van der Waals surface area contributed by atoms with Crippen LogP contribution in [0, 0.1) is 0 Å². The van der Waals surface area contributed by atoms with Crippen molar-refractivity contribution in [1.82, 2.24) is 9.88 Å². The minimum atomic E-state index is 0.295. The number of hydrogen-bond acceptors (Lipinski definition) is 5. The van der Waals surface area contributed by atoms with Crippen molar-refractivity contribution in [3.05, 3.63) is 24.0 Å². The van der Waals surface area contributed by atoms with Gasteiger partial charge in [0.05, 0.1) is 24.1 Å². The van der Waals surface area contributed by atoms with Crippen molar-refractivity contribution in [3.63, 3.8) is 0 Å². The van der Waals surface area contributed by atoms with Crippen LogP contribution in [0.5, 0.6) is 0 Å². The van der Waals surface area contributed by atoms with Crippen LogP contribution >= 0.6 is 0 Å². The lowest BCUT2D eigenvalue weighted by atomic mass is 10.1. The quantitative estimate of drug-likeness (QED) is 0.624. The van der Waals surface area contributed by atoms with E-state index in [2.05, 4.69) is 29.2 Å². The molecule has 5 heteroatoms. The topological polar surface area (TPSA) is 63.4 Å². The zero-order chi connectivity index (χ0) is 13.0. The molecule has 1 saturated heterocycles. The fraction of sp³-hybridized carbons (Fsp3) is 0.615. The monoisotopic (exact) mass is 250 g/mol. The van der Waals surface area contributed by atoms with E-state index < -0.39 is 0 Å². The van der Waals surface area contributed by atoms with Gasteiger partial charge in [0, 0.05) is 25.3 Å². The van der Waals surface area contributed by atoms with Gasteiger partial charge >= 0.3 is 0 Å². The highest BCUT2D eigenvalue weighted by molar-refractivity contribution is 5.41. The zero-order valence-electron chi connectivity index (χ0n) is 11.1. The van der Waals surface area contributed by atoms with Crippen LogP contribution < -0.4 is 11.3 Å². The molecule has 2 unspecified atom stereocenters. The summed E-state index contributed by atoms with van der Waals surface area (Å²) in [6, 6.07) is 4.34. The maximum absolute atomic E-state index is 5.70. The maximum atomic E-state index is 5.70. The van der Waals surface area contributed by atoms with Gasteiger partial charge in [0.1, 0.15) is 0 Å². The second-order valence-corrected chi connectivity index (χ2v) is 4.82. The van der Waals surface area contributed by atoms with E-state index in [0.717, 1.165) is 37.5 Å². The largest absolute Gasteiger partial charge is 0.376 e. The van der Waals surface area contributed by atoms with Crippen molar-refractivity contribution in [2.75, 3.05) is 18.6 Å². The number of ether oxygens (including phenoxy) is 1. The number of hydrogen-bond donors (Lipinski definition) is 2. The highest BCUT2D eigenvalue weighted by atomic mass is 16.5. The van der Waals surface area contributed by atoms with E-state index in [1.807, 2.05) is 12.1 Å². The number of nitrogens with one attached hydrogen (secondary N) is 1. The summed E-state index contributed by atoms with van der Waals surface area (Å²) in [5.41, 5.74) is 4.59. The van der Waals surface area contributed by atoms with Gasteiger partial charge in [-0.3, -0.25) is 15.7 Å². The lowest BCUT2D eigenvalue weighted by Gasteiger charge is -2.38. The molecule has 0 spiro atoms. The first-order valence-corrected chi connectivity index (χ1v) is 6.50. The molecule has 0 aromatic carbocycles. The number of hydrazine groups is 1. The molecule has 0 aliphatic carbocycles. The Kier molecular flexibility index (Phi) is 4.52. The van der Waals surface area contributed by atoms with Gasteiger partial charge in [-0.25, -0.2) is 0 Å². The van der Waals surface area contributed by atoms with Crippen molar-refractivity contribution in [1.29, 1.82) is 0 Å². The van der Waals surface area contributed by atoms with Gasteiger partial charge in [-0.15, -0.1) is 0 Å². The van der Waals surface area contributed by atoms with Gasteiger partial charge < -0.3 is 10.2 Å². The number of rotatable bonds is 4. The lowest BCUT2D eigenvalue weighted by Crippen LogP contribution is -2.48. The van der Waals surface area contributed by atoms with Crippen molar-refractivity contribution in [2.24, 2.45) is 5.84 Å². The third-order valence-electron chi connectivity index (χ3n) is 3.40. The van der Waals surface area contributed by atoms with Crippen molar-refractivity contribution in [3.8, 4) is 0 Å². The molecule has 3 N–H and O–H groups in total. The van der Waals surface area contributed by atoms with Gasteiger partial charge in [0.2, 0.25) is 0 Å². The van der Waals surface area contributed by atoms with Crippen LogP contribution in [0.3, 0.4) is 0 Å². The summed E-state index contributed by atoms with van der Waals surface area (Å²) in [5, 5.41) is 0. The molecular formula is C13H22N4O. The molecule has 0 amide bonds. The molecule has 1 fully saturated rings. The fourth-order valence-electron chi connectivity index (χ4n) is 2.34. The Morgan fingerprint density at radius 1 is 1.61 bits per heavy atom. The molecule has 2 atom stereocenters. The molecule has 0 saturated carbocycles. The number of aromatic nitrogens is 1. The van der Waals surface area contributed by atoms with Crippen LogP contribution in [-0.4, -0.2) is 35.2 Å². The standard InChI is InChI=1S/C13H22N4O/c1-3-13-9-18-10(2)7-17(13)8-12-6-11(16-14)4-5-15-12/h4-6,10,13H,3,7-9,14H2,1-2H3,(H,15,16). The van der Waals surface area contributed by atoms with E-state index in [0.29, 0.717) is 12.1 Å². The number of nitrogens with two attached hydrogens (primary N) is 1. The predicted molar refractivity (Wildman–Crippen MR) is 72.0 cm³/mol. The van der Waals surface area contributed by atoms with Gasteiger partial charge in [0.15, 0.2) is 0 Å². The molecule has 2 rings (SSSR count). The van der Waals surface area contributed by atoms with E-state index in [9.17, 15) is 0 Å². The Bertz CT molecular complexity index is 385. The summed E-state index contributed by atoms with van der Waals surface area (Å²) in [6.07, 6.45) is 3.18. The summed E-state index contributed by atoms with van der Waals surface area (Å²) in [6.45, 7) is 6.93. The number of morpholine rings is 1. The SMILES string of the molecule is CCC1COC(C)CN1Cc1cc(NN)ccn1. The molecule has 1 aliphatic rings. The minimum Gasteiger partial charge on any atom is -0.376 e. The Morgan fingerprint density at radius 2 is 2.44 bits per heavy atom. The second kappa shape index (κ2) is 6.13. The number of nitrogen functional groups attached to an aromatic ring is 1. The lowest BCUT2D eigenvalue weighted by molar-refractivity contribution is -0.0595. The summed E-state index contributed by atoms with van der Waals surface area (Å²) in [7, 11) is 0. The molecule has 5 nitrogen and oxygen atoms in total. The summed E-state index contributed by atoms with van der Waals surface area (Å²) < 4.78 is 5.70. The molecular weight excluding hydrogens is 228 g/mol. The van der Waals surface area contributed by atoms with Crippen LogP contribution in [0.25, 0.3) is 0 Å². The second-order valence-electron chi connectivity index (χ2n) is 4.82. The third-order valence-corrected chi connectivity index (χ3v) is 3.40. The predicted octanol–water partition coefficient (Wildman–Crippen LogP) is 1.37. The van der Waals surface area contributed by atoms with E-state index in [1.54, 1.807) is 6.20 Å². The first kappa shape index (κ1) is 13.3. The van der Waals surface area contributed by atoms with Gasteiger partial charge in [-0.1, -0.05) is 6.92 Å². The average Bonchev–Trinajstić information content (AvgIpc) is 2.39. The molecule has 0 bridgehead atoms. The third kappa shape index (κ3) is 3.19. The van der Waals surface area contributed by atoms with Crippen LogP contribution in [0.2, 0.25) is 0 Å². The van der Waals surface area contributed by atoms with E-state index in [4.69, 9.17) is 10.6 Å². The molecule has 1 aromatic heterocycles. The normalized spacial score (nSPS) is 25.1. The Hall–Kier alpha value is -1.17. The van der Waals surface area contributed by atoms with Crippen molar-refractivity contribution in [2.45, 2.75) is 39.0 Å². The number of nitrogens with zero attached hydrogens (tertiary/aromatic N) is 2. The van der Waals surface area contributed by atoms with E-state index in [-0.39, 0.29) is 0 Å². The zero-order valence-corrected chi connectivity index (χ0v) is 11.1. The van der Waals surface area contributed by atoms with Crippen LogP contribution in [0.4, 0.5) is 5.69 Å². The Labute approximate surface area is 108 Å². The highest BCUT2D eigenvalue weighted by Gasteiger charge is 2.25. The Morgan fingerprint density at radius 3 is 3.17 bits per heavy atom. The fourth-order valence-corrected chi connectivity index (χ4v) is 2.34. The molecule has 0 radical (unpaired) electrons. The highest BCUT2D eigenvalue weighted by Crippen LogP contribution is 2.18.